The van der Waals surface area contributed by atoms with Gasteiger partial charge in [0.05, 0.1) is 0 Å². The molecule has 1 rings (SSSR count). The van der Waals surface area contributed by atoms with Crippen molar-refractivity contribution < 1.29 is 0 Å². The van der Waals surface area contributed by atoms with Crippen LogP contribution in [0.15, 0.2) is 12.2 Å². The Bertz CT molecular complexity index is 178. The lowest BCUT2D eigenvalue weighted by Crippen LogP contribution is -2.22. The molecule has 0 spiro atoms. The molecule has 1 aliphatic rings. The van der Waals surface area contributed by atoms with E-state index in [4.69, 9.17) is 0 Å². The average Bonchev–Trinajstić information content (AvgIpc) is 2.19. The lowest BCUT2D eigenvalue weighted by Gasteiger charge is -2.33. The topological polar surface area (TPSA) is 0 Å². The van der Waals surface area contributed by atoms with Crippen LogP contribution in [0.4, 0.5) is 0 Å². The van der Waals surface area contributed by atoms with Gasteiger partial charge in [-0.1, -0.05) is 45.8 Å². The Morgan fingerprint density at radius 2 is 1.87 bits per heavy atom. The highest BCUT2D eigenvalue weighted by atomic mass is 14.3. The zero-order valence-electron chi connectivity index (χ0n) is 10.8. The van der Waals surface area contributed by atoms with Gasteiger partial charge < -0.3 is 0 Å². The van der Waals surface area contributed by atoms with Crippen molar-refractivity contribution in [2.45, 2.75) is 65.7 Å². The molecule has 1 saturated carbocycles. The molecule has 15 heavy (non-hydrogen) atoms. The second kappa shape index (κ2) is 7.09. The lowest BCUT2D eigenvalue weighted by molar-refractivity contribution is 0.185. The van der Waals surface area contributed by atoms with Gasteiger partial charge in [-0.05, 0) is 49.9 Å². The molecule has 0 aliphatic heterocycles. The number of allylic oxidation sites excluding steroid dienone is 2. The minimum absolute atomic E-state index is 0.870. The van der Waals surface area contributed by atoms with Crippen LogP contribution in [0.5, 0.6) is 0 Å². The van der Waals surface area contributed by atoms with Crippen LogP contribution in [0, 0.1) is 17.8 Å². The second-order valence-electron chi connectivity index (χ2n) is 5.69. The molecular formula is C15H28. The predicted molar refractivity (Wildman–Crippen MR) is 69.0 cm³/mol. The Hall–Kier alpha value is -0.260. The largest absolute Gasteiger partial charge is 0.0885 e. The standard InChI is InChI=1S/C15H28/c1-13(2)9-7-5-4-6-8-10-15-12-11-14(15)3/h4,6,13-15H,5,7-12H2,1-3H3. The van der Waals surface area contributed by atoms with Crippen molar-refractivity contribution in [1.29, 1.82) is 0 Å². The molecule has 0 amide bonds. The third kappa shape index (κ3) is 5.39. The van der Waals surface area contributed by atoms with Crippen LogP contribution in [0.2, 0.25) is 0 Å². The Balaban J connectivity index is 1.88. The zero-order valence-corrected chi connectivity index (χ0v) is 10.8. The molecule has 0 radical (unpaired) electrons. The van der Waals surface area contributed by atoms with E-state index in [1.807, 2.05) is 0 Å². The first kappa shape index (κ1) is 12.8. The molecule has 1 fully saturated rings. The van der Waals surface area contributed by atoms with Crippen molar-refractivity contribution in [2.75, 3.05) is 0 Å². The van der Waals surface area contributed by atoms with Crippen LogP contribution >= 0.6 is 0 Å². The molecule has 0 heteroatoms. The van der Waals surface area contributed by atoms with Gasteiger partial charge in [0.25, 0.3) is 0 Å². The maximum atomic E-state index is 2.41. The summed E-state index contributed by atoms with van der Waals surface area (Å²) in [4.78, 5) is 0. The first-order chi connectivity index (χ1) is 7.20. The van der Waals surface area contributed by atoms with Crippen LogP contribution in [-0.2, 0) is 0 Å². The van der Waals surface area contributed by atoms with Gasteiger partial charge in [-0.2, -0.15) is 0 Å². The number of rotatable bonds is 7. The fourth-order valence-corrected chi connectivity index (χ4v) is 2.35. The van der Waals surface area contributed by atoms with Gasteiger partial charge in [0.15, 0.2) is 0 Å². The Kier molecular flexibility index (Phi) is 6.05. The van der Waals surface area contributed by atoms with Gasteiger partial charge in [0, 0.05) is 0 Å². The maximum absolute atomic E-state index is 2.41. The monoisotopic (exact) mass is 208 g/mol. The highest BCUT2D eigenvalue weighted by molar-refractivity contribution is 4.85. The second-order valence-corrected chi connectivity index (χ2v) is 5.69. The van der Waals surface area contributed by atoms with Crippen molar-refractivity contribution in [3.63, 3.8) is 0 Å². The molecule has 0 aromatic rings. The van der Waals surface area contributed by atoms with E-state index in [1.54, 1.807) is 0 Å². The third-order valence-corrected chi connectivity index (χ3v) is 3.82. The molecule has 0 bridgehead atoms. The van der Waals surface area contributed by atoms with Crippen LogP contribution in [0.25, 0.3) is 0 Å². The molecule has 1 aliphatic carbocycles. The van der Waals surface area contributed by atoms with Crippen molar-refractivity contribution in [1.82, 2.24) is 0 Å². The van der Waals surface area contributed by atoms with Gasteiger partial charge in [-0.15, -0.1) is 0 Å². The highest BCUT2D eigenvalue weighted by Crippen LogP contribution is 2.36. The van der Waals surface area contributed by atoms with E-state index in [2.05, 4.69) is 32.9 Å². The summed E-state index contributed by atoms with van der Waals surface area (Å²) in [5, 5.41) is 0. The van der Waals surface area contributed by atoms with E-state index >= 15 is 0 Å². The minimum atomic E-state index is 0.870. The fraction of sp³-hybridized carbons (Fsp3) is 0.867. The van der Waals surface area contributed by atoms with Crippen LogP contribution in [0.3, 0.4) is 0 Å². The normalized spacial score (nSPS) is 26.1. The van der Waals surface area contributed by atoms with Crippen LogP contribution in [-0.4, -0.2) is 0 Å². The molecule has 2 atom stereocenters. The molecule has 88 valence electrons. The summed E-state index contributed by atoms with van der Waals surface area (Å²) >= 11 is 0. The van der Waals surface area contributed by atoms with Crippen molar-refractivity contribution in [2.24, 2.45) is 17.8 Å². The molecule has 0 N–H and O–H groups in total. The quantitative estimate of drug-likeness (QED) is 0.399. The summed E-state index contributed by atoms with van der Waals surface area (Å²) in [6.45, 7) is 7.02. The molecule has 0 aromatic heterocycles. The smallest absolute Gasteiger partial charge is 0.0348 e. The number of unbranched alkanes of at least 4 members (excludes halogenated alkanes) is 1. The fourth-order valence-electron chi connectivity index (χ4n) is 2.35. The lowest BCUT2D eigenvalue weighted by atomic mass is 9.73. The molecule has 0 aromatic carbocycles. The summed E-state index contributed by atoms with van der Waals surface area (Å²) in [5.74, 6) is 2.93. The zero-order chi connectivity index (χ0) is 11.1. The summed E-state index contributed by atoms with van der Waals surface area (Å²) in [6, 6.07) is 0. The van der Waals surface area contributed by atoms with Gasteiger partial charge in [-0.3, -0.25) is 0 Å². The van der Waals surface area contributed by atoms with Crippen LogP contribution < -0.4 is 0 Å². The first-order valence-corrected chi connectivity index (χ1v) is 6.85. The summed E-state index contributed by atoms with van der Waals surface area (Å²) < 4.78 is 0. The summed E-state index contributed by atoms with van der Waals surface area (Å²) in [5.41, 5.74) is 0. The SMILES string of the molecule is CC(C)CCCC=CCCC1CCC1C. The van der Waals surface area contributed by atoms with Crippen molar-refractivity contribution in [3.05, 3.63) is 12.2 Å². The average molecular weight is 208 g/mol. The van der Waals surface area contributed by atoms with Crippen LogP contribution in [0.1, 0.15) is 65.7 Å². The Labute approximate surface area is 96.2 Å². The Morgan fingerprint density at radius 3 is 2.40 bits per heavy atom. The highest BCUT2D eigenvalue weighted by Gasteiger charge is 2.25. The van der Waals surface area contributed by atoms with E-state index in [0.29, 0.717) is 0 Å². The summed E-state index contributed by atoms with van der Waals surface area (Å²) in [6.07, 6.45) is 14.6. The molecule has 0 saturated heterocycles. The van der Waals surface area contributed by atoms with Crippen molar-refractivity contribution in [3.8, 4) is 0 Å². The van der Waals surface area contributed by atoms with Crippen molar-refractivity contribution >= 4 is 0 Å². The van der Waals surface area contributed by atoms with E-state index < -0.39 is 0 Å². The summed E-state index contributed by atoms with van der Waals surface area (Å²) in [7, 11) is 0. The molecule has 0 heterocycles. The molecule has 0 nitrogen and oxygen atoms in total. The van der Waals surface area contributed by atoms with E-state index in [1.165, 1.54) is 44.9 Å². The van der Waals surface area contributed by atoms with E-state index in [0.717, 1.165) is 17.8 Å². The number of hydrogen-bond acceptors (Lipinski definition) is 0. The first-order valence-electron chi connectivity index (χ1n) is 6.85. The predicted octanol–water partition coefficient (Wildman–Crippen LogP) is 5.20. The van der Waals surface area contributed by atoms with Gasteiger partial charge >= 0.3 is 0 Å². The third-order valence-electron chi connectivity index (χ3n) is 3.82. The van der Waals surface area contributed by atoms with E-state index in [-0.39, 0.29) is 0 Å². The van der Waals surface area contributed by atoms with Gasteiger partial charge in [0.2, 0.25) is 0 Å². The van der Waals surface area contributed by atoms with Gasteiger partial charge in [0.1, 0.15) is 0 Å². The number of hydrogen-bond donors (Lipinski definition) is 0. The minimum Gasteiger partial charge on any atom is -0.0885 e. The van der Waals surface area contributed by atoms with Gasteiger partial charge in [-0.25, -0.2) is 0 Å². The van der Waals surface area contributed by atoms with E-state index in [9.17, 15) is 0 Å². The molecule has 2 unspecified atom stereocenters. The Morgan fingerprint density at radius 1 is 1.13 bits per heavy atom. The maximum Gasteiger partial charge on any atom is -0.0348 e. The molecular weight excluding hydrogens is 180 g/mol.